The lowest BCUT2D eigenvalue weighted by atomic mass is 10.2. The number of aliphatic hydroxyl groups excluding tert-OH is 1. The molecule has 0 unspecified atom stereocenters. The van der Waals surface area contributed by atoms with Gasteiger partial charge in [0.05, 0.1) is 55.7 Å². The molecule has 13 heteroatoms. The lowest BCUT2D eigenvalue weighted by Crippen LogP contribution is -2.17. The molecule has 0 bridgehead atoms. The van der Waals surface area contributed by atoms with Gasteiger partial charge in [0.25, 0.3) is 10.0 Å². The van der Waals surface area contributed by atoms with Crippen molar-refractivity contribution in [1.29, 1.82) is 0 Å². The second kappa shape index (κ2) is 14.1. The number of aromatic nitrogens is 2. The van der Waals surface area contributed by atoms with Crippen molar-refractivity contribution in [3.8, 4) is 17.2 Å². The number of para-hydroxylation sites is 2. The molecule has 12 nitrogen and oxygen atoms in total. The summed E-state index contributed by atoms with van der Waals surface area (Å²) in [5, 5.41) is 12.1. The fourth-order valence-corrected chi connectivity index (χ4v) is 5.08. The summed E-state index contributed by atoms with van der Waals surface area (Å²) in [6.07, 6.45) is 0. The number of rotatable bonds is 15. The molecule has 3 aromatic carbocycles. The number of hydrogen-bond acceptors (Lipinski definition) is 11. The van der Waals surface area contributed by atoms with Crippen LogP contribution in [0.3, 0.4) is 0 Å². The molecule has 1 heterocycles. The number of nitrogens with zero attached hydrogens (tertiary/aromatic N) is 3. The Kier molecular flexibility index (Phi) is 10.4. The van der Waals surface area contributed by atoms with Crippen LogP contribution in [0.15, 0.2) is 65.6 Å². The summed E-state index contributed by atoms with van der Waals surface area (Å²) in [6.45, 7) is 1.15. The molecule has 42 heavy (non-hydrogen) atoms. The van der Waals surface area contributed by atoms with Gasteiger partial charge in [0.15, 0.2) is 23.1 Å². The maximum Gasteiger partial charge on any atom is 0.263 e. The summed E-state index contributed by atoms with van der Waals surface area (Å²) < 4.78 is 51.8. The molecule has 0 fully saturated rings. The lowest BCUT2D eigenvalue weighted by molar-refractivity contribution is 0.0700. The Morgan fingerprint density at radius 3 is 2.19 bits per heavy atom. The minimum absolute atomic E-state index is 0.00918. The summed E-state index contributed by atoms with van der Waals surface area (Å²) in [7, 11) is 2.87. The number of nitrogens with one attached hydrogen (secondary N) is 2. The fraction of sp³-hybridized carbons (Fsp3) is 0.310. The van der Waals surface area contributed by atoms with E-state index in [-0.39, 0.29) is 43.0 Å². The number of hydrogen-bond donors (Lipinski definition) is 3. The SMILES string of the molecule is COc1cc(Nc2nc3ccccc3nc2NS(=O)(=O)c2ccc(CN(C)C)cc2)c(OCCOCCO)c(OC)c1. The quantitative estimate of drug-likeness (QED) is 0.173. The molecule has 0 saturated heterocycles. The van der Waals surface area contributed by atoms with E-state index < -0.39 is 10.0 Å². The molecule has 0 atom stereocenters. The number of sulfonamides is 1. The van der Waals surface area contributed by atoms with E-state index in [9.17, 15) is 8.42 Å². The van der Waals surface area contributed by atoms with Crippen molar-refractivity contribution >= 4 is 38.4 Å². The normalized spacial score (nSPS) is 11.5. The van der Waals surface area contributed by atoms with Crippen LogP contribution in [0, 0.1) is 0 Å². The molecule has 0 radical (unpaired) electrons. The minimum atomic E-state index is -4.02. The number of methoxy groups -OCH3 is 2. The Bertz CT molecular complexity index is 1600. The number of benzene rings is 3. The smallest absolute Gasteiger partial charge is 0.263 e. The molecule has 0 aliphatic carbocycles. The maximum absolute atomic E-state index is 13.5. The molecule has 4 rings (SSSR count). The van der Waals surface area contributed by atoms with E-state index in [2.05, 4.69) is 20.0 Å². The van der Waals surface area contributed by atoms with Gasteiger partial charge in [0, 0.05) is 18.7 Å². The van der Waals surface area contributed by atoms with Gasteiger partial charge in [-0.15, -0.1) is 0 Å². The second-order valence-corrected chi connectivity index (χ2v) is 11.1. The predicted molar refractivity (Wildman–Crippen MR) is 160 cm³/mol. The van der Waals surface area contributed by atoms with Gasteiger partial charge in [-0.25, -0.2) is 18.4 Å². The van der Waals surface area contributed by atoms with Crippen molar-refractivity contribution in [2.24, 2.45) is 0 Å². The van der Waals surface area contributed by atoms with Gasteiger partial charge < -0.3 is 34.3 Å². The average molecular weight is 598 g/mol. The number of anilines is 3. The molecule has 224 valence electrons. The summed E-state index contributed by atoms with van der Waals surface area (Å²) in [6, 6.07) is 17.1. The van der Waals surface area contributed by atoms with Crippen LogP contribution in [0.1, 0.15) is 5.56 Å². The van der Waals surface area contributed by atoms with Crippen molar-refractivity contribution < 1.29 is 32.5 Å². The summed E-state index contributed by atoms with van der Waals surface area (Å²) in [5.74, 6) is 1.29. The van der Waals surface area contributed by atoms with Crippen LogP contribution in [0.2, 0.25) is 0 Å². The highest BCUT2D eigenvalue weighted by Crippen LogP contribution is 2.41. The highest BCUT2D eigenvalue weighted by atomic mass is 32.2. The van der Waals surface area contributed by atoms with Crippen LogP contribution in [-0.4, -0.2) is 83.1 Å². The van der Waals surface area contributed by atoms with Crippen LogP contribution >= 0.6 is 0 Å². The third kappa shape index (κ3) is 7.76. The van der Waals surface area contributed by atoms with Crippen LogP contribution in [-0.2, 0) is 21.3 Å². The second-order valence-electron chi connectivity index (χ2n) is 9.41. The van der Waals surface area contributed by atoms with E-state index in [1.165, 1.54) is 14.2 Å². The molecule has 0 aliphatic rings. The van der Waals surface area contributed by atoms with Gasteiger partial charge in [-0.2, -0.15) is 0 Å². The van der Waals surface area contributed by atoms with Gasteiger partial charge >= 0.3 is 0 Å². The molecule has 0 saturated carbocycles. The first-order valence-corrected chi connectivity index (χ1v) is 14.6. The zero-order valence-electron chi connectivity index (χ0n) is 24.0. The Hall–Kier alpha value is -4.17. The van der Waals surface area contributed by atoms with Crippen LogP contribution in [0.25, 0.3) is 11.0 Å². The topological polar surface area (TPSA) is 144 Å². The number of ether oxygens (including phenoxy) is 4. The van der Waals surface area contributed by atoms with Crippen molar-refractivity contribution in [3.05, 3.63) is 66.2 Å². The van der Waals surface area contributed by atoms with Crippen LogP contribution < -0.4 is 24.2 Å². The Morgan fingerprint density at radius 2 is 1.57 bits per heavy atom. The summed E-state index contributed by atoms with van der Waals surface area (Å²) >= 11 is 0. The monoisotopic (exact) mass is 597 g/mol. The highest BCUT2D eigenvalue weighted by Gasteiger charge is 2.22. The fourth-order valence-electron chi connectivity index (χ4n) is 4.07. The van der Waals surface area contributed by atoms with Crippen molar-refractivity contribution in [1.82, 2.24) is 14.9 Å². The van der Waals surface area contributed by atoms with Crippen LogP contribution in [0.5, 0.6) is 17.2 Å². The molecule has 0 amide bonds. The highest BCUT2D eigenvalue weighted by molar-refractivity contribution is 7.92. The minimum Gasteiger partial charge on any atom is -0.497 e. The first kappa shape index (κ1) is 30.8. The van der Waals surface area contributed by atoms with Gasteiger partial charge in [-0.3, -0.25) is 4.72 Å². The predicted octanol–water partition coefficient (Wildman–Crippen LogP) is 3.64. The van der Waals surface area contributed by atoms with Gasteiger partial charge in [-0.1, -0.05) is 24.3 Å². The Labute approximate surface area is 245 Å². The average Bonchev–Trinajstić information content (AvgIpc) is 2.97. The summed E-state index contributed by atoms with van der Waals surface area (Å²) in [4.78, 5) is 11.3. The van der Waals surface area contributed by atoms with Gasteiger partial charge in [0.1, 0.15) is 12.4 Å². The largest absolute Gasteiger partial charge is 0.497 e. The van der Waals surface area contributed by atoms with Gasteiger partial charge in [-0.05, 0) is 43.9 Å². The zero-order chi connectivity index (χ0) is 30.1. The third-order valence-corrected chi connectivity index (χ3v) is 7.34. The van der Waals surface area contributed by atoms with E-state index in [4.69, 9.17) is 24.1 Å². The van der Waals surface area contributed by atoms with E-state index in [1.54, 1.807) is 54.6 Å². The standard InChI is InChI=1S/C29H35N5O7S/c1-34(2)19-20-9-11-22(12-10-20)42(36,37)33-29-28(30-23-7-5-6-8-24(23)31-29)32-25-17-21(38-3)18-26(39-4)27(25)41-16-15-40-14-13-35/h5-12,17-18,35H,13-16,19H2,1-4H3,(H,30,32)(H,31,33). The van der Waals surface area contributed by atoms with Crippen molar-refractivity contribution in [2.75, 3.05) is 64.8 Å². The molecular weight excluding hydrogens is 562 g/mol. The van der Waals surface area contributed by atoms with E-state index >= 15 is 0 Å². The molecule has 3 N–H and O–H groups in total. The zero-order valence-corrected chi connectivity index (χ0v) is 24.8. The van der Waals surface area contributed by atoms with E-state index in [0.29, 0.717) is 40.5 Å². The van der Waals surface area contributed by atoms with E-state index in [1.807, 2.05) is 25.1 Å². The van der Waals surface area contributed by atoms with Crippen molar-refractivity contribution in [2.45, 2.75) is 11.4 Å². The molecule has 0 spiro atoms. The van der Waals surface area contributed by atoms with E-state index in [0.717, 1.165) is 5.56 Å². The molecule has 1 aromatic heterocycles. The number of fused-ring (bicyclic) bond motifs is 1. The van der Waals surface area contributed by atoms with Crippen LogP contribution in [0.4, 0.5) is 17.3 Å². The first-order chi connectivity index (χ1) is 20.2. The van der Waals surface area contributed by atoms with Gasteiger partial charge in [0.2, 0.25) is 0 Å². The maximum atomic E-state index is 13.5. The molecular formula is C29H35N5O7S. The molecule has 4 aromatic rings. The summed E-state index contributed by atoms with van der Waals surface area (Å²) in [5.41, 5.74) is 2.42. The van der Waals surface area contributed by atoms with Crippen molar-refractivity contribution in [3.63, 3.8) is 0 Å². The first-order valence-electron chi connectivity index (χ1n) is 13.1. The Morgan fingerprint density at radius 1 is 0.881 bits per heavy atom. The number of aliphatic hydroxyl groups is 1. The Balaban J connectivity index is 1.72. The third-order valence-electron chi connectivity index (χ3n) is 5.98. The molecule has 0 aliphatic heterocycles. The lowest BCUT2D eigenvalue weighted by Gasteiger charge is -2.19.